The zero-order valence-electron chi connectivity index (χ0n) is 19.5. The van der Waals surface area contributed by atoms with Gasteiger partial charge in [0, 0.05) is 17.3 Å². The number of fused-ring (bicyclic) bond motifs is 1. The van der Waals surface area contributed by atoms with E-state index in [4.69, 9.17) is 9.47 Å². The Bertz CT molecular complexity index is 1240. The van der Waals surface area contributed by atoms with Gasteiger partial charge in [0.05, 0.1) is 11.1 Å². The van der Waals surface area contributed by atoms with Crippen LogP contribution in [0.2, 0.25) is 0 Å². The first-order valence-corrected chi connectivity index (χ1v) is 11.4. The van der Waals surface area contributed by atoms with Crippen molar-refractivity contribution in [2.45, 2.75) is 46.0 Å². The molecule has 7 nitrogen and oxygen atoms in total. The second-order valence-electron chi connectivity index (χ2n) is 8.16. The van der Waals surface area contributed by atoms with Crippen molar-refractivity contribution in [3.63, 3.8) is 0 Å². The van der Waals surface area contributed by atoms with E-state index in [9.17, 15) is 9.59 Å². The molecule has 1 saturated carbocycles. The van der Waals surface area contributed by atoms with Crippen LogP contribution in [0.15, 0.2) is 47.4 Å². The molecular weight excluding hydrogens is 418 g/mol. The molecule has 1 aliphatic carbocycles. The molecule has 3 aromatic rings. The van der Waals surface area contributed by atoms with Gasteiger partial charge in [-0.15, -0.1) is 0 Å². The lowest BCUT2D eigenvalue weighted by Gasteiger charge is -2.21. The standard InChI is InChI=1S/C24H23N3O4.C2H6/c1-14-3-6-20(26-21(14)16-11-15(2)22(28)25-13-16)27-23(29)24(7-8-24)17-4-5-18-19(12-17)31-10-9-30-18;1-2/h3-6,11-13H,7-10H2,1-2H3,(H,25,28)(H,26,27,29);1-2H3. The summed E-state index contributed by atoms with van der Waals surface area (Å²) in [5.74, 6) is 1.81. The summed E-state index contributed by atoms with van der Waals surface area (Å²) in [6, 6.07) is 11.3. The van der Waals surface area contributed by atoms with Crippen LogP contribution in [0.4, 0.5) is 5.82 Å². The minimum atomic E-state index is -0.572. The smallest absolute Gasteiger partial charge is 0.250 e. The quantitative estimate of drug-likeness (QED) is 0.613. The minimum absolute atomic E-state index is 0.0795. The lowest BCUT2D eigenvalue weighted by atomic mass is 9.94. The number of aryl methyl sites for hydroxylation is 2. The number of ether oxygens (including phenoxy) is 2. The maximum absolute atomic E-state index is 13.2. The van der Waals surface area contributed by atoms with Crippen molar-refractivity contribution in [2.75, 3.05) is 18.5 Å². The van der Waals surface area contributed by atoms with Crippen LogP contribution < -0.4 is 20.3 Å². The summed E-state index contributed by atoms with van der Waals surface area (Å²) in [6.07, 6.45) is 3.19. The predicted octanol–water partition coefficient (Wildman–Crippen LogP) is 4.52. The number of hydrogen-bond acceptors (Lipinski definition) is 5. The van der Waals surface area contributed by atoms with Crippen LogP contribution in [0.5, 0.6) is 11.5 Å². The molecule has 7 heteroatoms. The maximum Gasteiger partial charge on any atom is 0.250 e. The van der Waals surface area contributed by atoms with Crippen LogP contribution in [0, 0.1) is 13.8 Å². The van der Waals surface area contributed by atoms with E-state index >= 15 is 0 Å². The van der Waals surface area contributed by atoms with Crippen LogP contribution >= 0.6 is 0 Å². The predicted molar refractivity (Wildman–Crippen MR) is 128 cm³/mol. The topological polar surface area (TPSA) is 93.3 Å². The highest BCUT2D eigenvalue weighted by molar-refractivity contribution is 6.01. The molecule has 0 unspecified atom stereocenters. The number of amides is 1. The Balaban J connectivity index is 0.00000126. The van der Waals surface area contributed by atoms with Gasteiger partial charge in [0.25, 0.3) is 5.56 Å². The minimum Gasteiger partial charge on any atom is -0.486 e. The molecule has 2 N–H and O–H groups in total. The molecule has 3 heterocycles. The average molecular weight is 448 g/mol. The van der Waals surface area contributed by atoms with E-state index in [0.717, 1.165) is 35.2 Å². The van der Waals surface area contributed by atoms with Gasteiger partial charge in [-0.1, -0.05) is 26.0 Å². The van der Waals surface area contributed by atoms with Crippen molar-refractivity contribution < 1.29 is 14.3 Å². The monoisotopic (exact) mass is 447 g/mol. The zero-order valence-corrected chi connectivity index (χ0v) is 19.5. The summed E-state index contributed by atoms with van der Waals surface area (Å²) in [5.41, 5.74) is 3.33. The molecule has 33 heavy (non-hydrogen) atoms. The fraction of sp³-hybridized carbons (Fsp3) is 0.346. The summed E-state index contributed by atoms with van der Waals surface area (Å²) in [7, 11) is 0. The van der Waals surface area contributed by atoms with Crippen molar-refractivity contribution in [3.8, 4) is 22.8 Å². The van der Waals surface area contributed by atoms with E-state index in [1.54, 1.807) is 25.3 Å². The molecule has 2 aliphatic rings. The van der Waals surface area contributed by atoms with Gasteiger partial charge < -0.3 is 19.8 Å². The zero-order chi connectivity index (χ0) is 23.6. The number of aromatic nitrogens is 2. The molecule has 2 aromatic heterocycles. The lowest BCUT2D eigenvalue weighted by Crippen LogP contribution is -2.28. The number of hydrogen-bond donors (Lipinski definition) is 2. The lowest BCUT2D eigenvalue weighted by molar-refractivity contribution is -0.118. The number of nitrogens with one attached hydrogen (secondary N) is 2. The van der Waals surface area contributed by atoms with Gasteiger partial charge in [0.15, 0.2) is 11.5 Å². The molecule has 1 aromatic carbocycles. The average Bonchev–Trinajstić information content (AvgIpc) is 3.65. The molecular formula is C26H29N3O4. The summed E-state index contributed by atoms with van der Waals surface area (Å²) >= 11 is 0. The van der Waals surface area contributed by atoms with Crippen molar-refractivity contribution in [2.24, 2.45) is 0 Å². The largest absolute Gasteiger partial charge is 0.486 e. The molecule has 1 aliphatic heterocycles. The fourth-order valence-electron chi connectivity index (χ4n) is 3.97. The first kappa shape index (κ1) is 22.6. The fourth-order valence-corrected chi connectivity index (χ4v) is 3.97. The Hall–Kier alpha value is -3.61. The Kier molecular flexibility index (Phi) is 6.22. The summed E-state index contributed by atoms with van der Waals surface area (Å²) in [4.78, 5) is 32.3. The normalized spacial score (nSPS) is 15.2. The van der Waals surface area contributed by atoms with Crippen LogP contribution in [-0.4, -0.2) is 29.1 Å². The second kappa shape index (κ2) is 9.10. The van der Waals surface area contributed by atoms with Crippen LogP contribution in [-0.2, 0) is 10.2 Å². The number of rotatable bonds is 4. The third kappa shape index (κ3) is 4.35. The van der Waals surface area contributed by atoms with E-state index in [-0.39, 0.29) is 11.5 Å². The van der Waals surface area contributed by atoms with Gasteiger partial charge in [-0.25, -0.2) is 4.98 Å². The SMILES string of the molecule is CC.Cc1ccc(NC(=O)C2(c3ccc4c(c3)OCCO4)CC2)nc1-c1c[nH]c(=O)c(C)c1. The van der Waals surface area contributed by atoms with Gasteiger partial charge in [0.2, 0.25) is 5.91 Å². The van der Waals surface area contributed by atoms with Crippen LogP contribution in [0.25, 0.3) is 11.3 Å². The highest BCUT2D eigenvalue weighted by Crippen LogP contribution is 2.50. The molecule has 172 valence electrons. The van der Waals surface area contributed by atoms with E-state index < -0.39 is 5.41 Å². The second-order valence-corrected chi connectivity index (χ2v) is 8.16. The van der Waals surface area contributed by atoms with Gasteiger partial charge >= 0.3 is 0 Å². The number of carbonyl (C=O) groups is 1. The molecule has 0 atom stereocenters. The summed E-state index contributed by atoms with van der Waals surface area (Å²) in [5, 5.41) is 2.99. The van der Waals surface area contributed by atoms with Crippen molar-refractivity contribution in [1.82, 2.24) is 9.97 Å². The van der Waals surface area contributed by atoms with Crippen molar-refractivity contribution in [3.05, 3.63) is 69.6 Å². The molecule has 0 spiro atoms. The van der Waals surface area contributed by atoms with Crippen LogP contribution in [0.3, 0.4) is 0 Å². The van der Waals surface area contributed by atoms with Gasteiger partial charge in [0.1, 0.15) is 19.0 Å². The van der Waals surface area contributed by atoms with Gasteiger partial charge in [-0.2, -0.15) is 0 Å². The Morgan fingerprint density at radius 2 is 1.73 bits per heavy atom. The third-order valence-corrected chi connectivity index (χ3v) is 5.98. The van der Waals surface area contributed by atoms with Crippen molar-refractivity contribution in [1.29, 1.82) is 0 Å². The number of benzene rings is 1. The van der Waals surface area contributed by atoms with Crippen molar-refractivity contribution >= 4 is 11.7 Å². The Morgan fingerprint density at radius 1 is 1.00 bits per heavy atom. The first-order chi connectivity index (χ1) is 16.0. The van der Waals surface area contributed by atoms with Crippen LogP contribution in [0.1, 0.15) is 43.4 Å². The Morgan fingerprint density at radius 3 is 2.42 bits per heavy atom. The van der Waals surface area contributed by atoms with E-state index in [1.807, 2.05) is 45.0 Å². The number of pyridine rings is 2. The highest BCUT2D eigenvalue weighted by atomic mass is 16.6. The maximum atomic E-state index is 13.2. The number of carbonyl (C=O) groups excluding carboxylic acids is 1. The summed E-state index contributed by atoms with van der Waals surface area (Å²) < 4.78 is 11.3. The van der Waals surface area contributed by atoms with Gasteiger partial charge in [-0.3, -0.25) is 9.59 Å². The number of H-pyrrole nitrogens is 1. The molecule has 0 bridgehead atoms. The molecule has 0 radical (unpaired) electrons. The van der Waals surface area contributed by atoms with E-state index in [0.29, 0.717) is 36.1 Å². The van der Waals surface area contributed by atoms with Gasteiger partial charge in [-0.05, 0) is 62.1 Å². The number of nitrogens with zero attached hydrogens (tertiary/aromatic N) is 1. The molecule has 1 amide bonds. The molecule has 1 fully saturated rings. The Labute approximate surface area is 193 Å². The molecule has 5 rings (SSSR count). The highest BCUT2D eigenvalue weighted by Gasteiger charge is 2.51. The van der Waals surface area contributed by atoms with E-state index in [2.05, 4.69) is 15.3 Å². The number of aromatic amines is 1. The number of anilines is 1. The summed E-state index contributed by atoms with van der Waals surface area (Å²) in [6.45, 7) is 8.75. The van der Waals surface area contributed by atoms with E-state index in [1.165, 1.54) is 0 Å². The third-order valence-electron chi connectivity index (χ3n) is 5.98. The first-order valence-electron chi connectivity index (χ1n) is 11.4. The molecule has 0 saturated heterocycles.